The van der Waals surface area contributed by atoms with Gasteiger partial charge in [0.05, 0.1) is 5.69 Å². The number of benzene rings is 3. The highest BCUT2D eigenvalue weighted by atomic mass is 32.2. The zero-order chi connectivity index (χ0) is 33.4. The fourth-order valence-corrected chi connectivity index (χ4v) is 6.50. The second-order valence-electron chi connectivity index (χ2n) is 11.8. The van der Waals surface area contributed by atoms with Crippen LogP contribution in [0.1, 0.15) is 49.8 Å². The van der Waals surface area contributed by atoms with Crippen molar-refractivity contribution in [2.45, 2.75) is 65.6 Å². The molecule has 5 rings (SSSR count). The maximum absolute atomic E-state index is 12.4. The molecule has 1 aliphatic rings. The number of amidine groups is 1. The first-order valence-corrected chi connectivity index (χ1v) is 16.9. The van der Waals surface area contributed by atoms with Crippen LogP contribution in [-0.4, -0.2) is 56.6 Å². The molecule has 0 saturated carbocycles. The van der Waals surface area contributed by atoms with Crippen molar-refractivity contribution in [3.8, 4) is 22.8 Å². The van der Waals surface area contributed by atoms with E-state index >= 15 is 0 Å². The summed E-state index contributed by atoms with van der Waals surface area (Å²) in [5, 5.41) is 19.3. The van der Waals surface area contributed by atoms with Gasteiger partial charge in [0.2, 0.25) is 6.35 Å². The molecule has 1 aliphatic heterocycles. The molecule has 0 spiro atoms. The van der Waals surface area contributed by atoms with E-state index in [-0.39, 0.29) is 5.75 Å². The van der Waals surface area contributed by atoms with Gasteiger partial charge in [-0.2, -0.15) is 0 Å². The highest BCUT2D eigenvalue weighted by Crippen LogP contribution is 2.30. The molecule has 1 saturated heterocycles. The van der Waals surface area contributed by atoms with Gasteiger partial charge in [0, 0.05) is 23.5 Å². The number of alkyl halides is 3. The van der Waals surface area contributed by atoms with Crippen molar-refractivity contribution in [3.05, 3.63) is 89.7 Å². The number of hydrogen-bond donors (Lipinski definition) is 2. The molecule has 2 heterocycles. The number of ether oxygens (including phenoxy) is 1. The summed E-state index contributed by atoms with van der Waals surface area (Å²) in [7, 11) is 0. The van der Waals surface area contributed by atoms with Gasteiger partial charge < -0.3 is 14.7 Å². The summed E-state index contributed by atoms with van der Waals surface area (Å²) in [5.41, 5.74) is 6.31. The number of aliphatic imine (C=N–C) groups is 1. The molecule has 12 heteroatoms. The predicted molar refractivity (Wildman–Crippen MR) is 182 cm³/mol. The predicted octanol–water partition coefficient (Wildman–Crippen LogP) is 7.53. The number of aryl methyl sites for hydroxylation is 2. The van der Waals surface area contributed by atoms with Crippen LogP contribution in [0.15, 0.2) is 78.0 Å². The van der Waals surface area contributed by atoms with E-state index in [2.05, 4.69) is 81.1 Å². The Balaban J connectivity index is 1.11. The number of thioether (sulfide) groups is 1. The lowest BCUT2D eigenvalue weighted by Gasteiger charge is -2.32. The van der Waals surface area contributed by atoms with E-state index in [0.717, 1.165) is 55.1 Å². The number of nitrogens with one attached hydrogen (secondary N) is 1. The van der Waals surface area contributed by atoms with Gasteiger partial charge >= 0.3 is 6.36 Å². The molecule has 0 bridgehead atoms. The number of halogens is 3. The van der Waals surface area contributed by atoms with Gasteiger partial charge in [-0.15, -0.1) is 18.3 Å². The summed E-state index contributed by atoms with van der Waals surface area (Å²) in [6.45, 7) is 8.02. The van der Waals surface area contributed by atoms with E-state index in [0.29, 0.717) is 24.0 Å². The van der Waals surface area contributed by atoms with Gasteiger partial charge in [-0.3, -0.25) is 5.32 Å². The van der Waals surface area contributed by atoms with Crippen molar-refractivity contribution in [2.75, 3.05) is 23.7 Å². The van der Waals surface area contributed by atoms with E-state index in [1.54, 1.807) is 11.8 Å². The summed E-state index contributed by atoms with van der Waals surface area (Å²) >= 11 is 1.70. The zero-order valence-electron chi connectivity index (χ0n) is 26.9. The van der Waals surface area contributed by atoms with Crippen molar-refractivity contribution >= 4 is 22.6 Å². The molecule has 8 nitrogen and oxygen atoms in total. The van der Waals surface area contributed by atoms with Crippen LogP contribution in [0.2, 0.25) is 0 Å². The molecule has 1 fully saturated rings. The van der Waals surface area contributed by atoms with E-state index in [9.17, 15) is 18.3 Å². The van der Waals surface area contributed by atoms with E-state index in [4.69, 9.17) is 0 Å². The molecule has 1 aromatic heterocycles. The van der Waals surface area contributed by atoms with Crippen molar-refractivity contribution in [3.63, 3.8) is 0 Å². The van der Waals surface area contributed by atoms with Gasteiger partial charge in [-0.25, -0.2) is 14.7 Å². The number of anilines is 1. The largest absolute Gasteiger partial charge is 0.573 e. The molecular formula is C35H41F3N6O2S. The minimum atomic E-state index is -4.74. The second-order valence-corrected chi connectivity index (χ2v) is 12.9. The molecule has 0 radical (unpaired) electrons. The second kappa shape index (κ2) is 15.8. The van der Waals surface area contributed by atoms with Crippen molar-refractivity contribution < 1.29 is 23.0 Å². The molecule has 47 heavy (non-hydrogen) atoms. The van der Waals surface area contributed by atoms with Crippen LogP contribution in [-0.2, 0) is 12.8 Å². The van der Waals surface area contributed by atoms with E-state index in [1.165, 1.54) is 57.7 Å². The number of aliphatic hydroxyl groups is 1. The van der Waals surface area contributed by atoms with Gasteiger partial charge in [0.25, 0.3) is 0 Å². The molecule has 2 N–H and O–H groups in total. The summed E-state index contributed by atoms with van der Waals surface area (Å²) < 4.78 is 42.7. The molecule has 0 aliphatic carbocycles. The summed E-state index contributed by atoms with van der Waals surface area (Å²) in [6, 6.07) is 20.1. The minimum absolute atomic E-state index is 0.294. The third kappa shape index (κ3) is 9.82. The van der Waals surface area contributed by atoms with Gasteiger partial charge in [0.1, 0.15) is 12.1 Å². The Morgan fingerprint density at radius 1 is 1.09 bits per heavy atom. The quantitative estimate of drug-likeness (QED) is 0.143. The Labute approximate surface area is 278 Å². The molecule has 250 valence electrons. The van der Waals surface area contributed by atoms with Crippen molar-refractivity contribution in [1.82, 2.24) is 20.1 Å². The van der Waals surface area contributed by atoms with Crippen LogP contribution in [0.3, 0.4) is 0 Å². The van der Waals surface area contributed by atoms with Crippen LogP contribution < -0.4 is 15.0 Å². The lowest BCUT2D eigenvalue weighted by atomic mass is 9.97. The average Bonchev–Trinajstić information content (AvgIpc) is 3.53. The topological polar surface area (TPSA) is 87.8 Å². The minimum Gasteiger partial charge on any atom is -0.406 e. The molecular weight excluding hydrogens is 625 g/mol. The van der Waals surface area contributed by atoms with Crippen LogP contribution in [0, 0.1) is 12.8 Å². The first-order chi connectivity index (χ1) is 22.6. The number of aliphatic hydroxyl groups excluding tert-OH is 1. The third-order valence-electron chi connectivity index (χ3n) is 7.86. The lowest BCUT2D eigenvalue weighted by molar-refractivity contribution is -0.274. The van der Waals surface area contributed by atoms with Crippen molar-refractivity contribution in [1.29, 1.82) is 0 Å². The molecule has 2 atom stereocenters. The Bertz CT molecular complexity index is 1630. The summed E-state index contributed by atoms with van der Waals surface area (Å²) in [4.78, 5) is 11.3. The lowest BCUT2D eigenvalue weighted by Crippen LogP contribution is -2.38. The number of aromatic nitrogens is 3. The first-order valence-electron chi connectivity index (χ1n) is 15.9. The van der Waals surface area contributed by atoms with Crippen LogP contribution in [0.5, 0.6) is 5.75 Å². The molecule has 3 aromatic carbocycles. The Morgan fingerprint density at radius 3 is 2.57 bits per heavy atom. The molecule has 0 amide bonds. The molecule has 2 unspecified atom stereocenters. The Morgan fingerprint density at radius 2 is 1.85 bits per heavy atom. The fourth-order valence-electron chi connectivity index (χ4n) is 5.52. The Kier molecular flexibility index (Phi) is 11.6. The third-order valence-corrected chi connectivity index (χ3v) is 8.94. The maximum atomic E-state index is 12.4. The monoisotopic (exact) mass is 666 g/mol. The van der Waals surface area contributed by atoms with Gasteiger partial charge in [0.15, 0.2) is 11.0 Å². The van der Waals surface area contributed by atoms with Crippen LogP contribution in [0.4, 0.5) is 18.9 Å². The zero-order valence-corrected chi connectivity index (χ0v) is 27.7. The SMILES string of the molecule is CCCc1ccc(C)cc1N1CCCS/C1=N\C(O)NCCC(C)Cc1ccc(-c2ncn(-c3ccc(OC(F)(F)F)cc3)n2)cc1. The van der Waals surface area contributed by atoms with Crippen molar-refractivity contribution in [2.24, 2.45) is 10.9 Å². The summed E-state index contributed by atoms with van der Waals surface area (Å²) in [5.74, 6) is 1.58. The maximum Gasteiger partial charge on any atom is 0.573 e. The summed E-state index contributed by atoms with van der Waals surface area (Å²) in [6.07, 6.45) is 0.723. The number of hydrogen-bond acceptors (Lipinski definition) is 7. The van der Waals surface area contributed by atoms with Gasteiger partial charge in [-0.05, 0) is 92.1 Å². The van der Waals surface area contributed by atoms with Crippen LogP contribution in [0.25, 0.3) is 17.1 Å². The fraction of sp³-hybridized carbons (Fsp3) is 0.400. The number of nitrogens with zero attached hydrogens (tertiary/aromatic N) is 5. The van der Waals surface area contributed by atoms with Gasteiger partial charge in [-0.1, -0.05) is 68.4 Å². The molecule has 4 aromatic rings. The standard InChI is InChI=1S/C35H41F3N6O2S/c1-4-6-27-10-7-24(2)22-31(27)43-19-5-20-47-34(43)41-33(45)39-18-17-25(3)21-26-8-11-28(12-9-26)32-40-23-44(42-32)29-13-15-30(16-14-29)46-35(36,37)38/h7-16,22-23,25,33,39,45H,4-6,17-21H2,1-3H3/b41-34-. The van der Waals surface area contributed by atoms with E-state index < -0.39 is 12.7 Å². The Hall–Kier alpha value is -3.87. The van der Waals surface area contributed by atoms with E-state index in [1.807, 2.05) is 12.1 Å². The average molecular weight is 667 g/mol. The highest BCUT2D eigenvalue weighted by Gasteiger charge is 2.31. The highest BCUT2D eigenvalue weighted by molar-refractivity contribution is 8.14. The smallest absolute Gasteiger partial charge is 0.406 e. The first kappa shape index (κ1) is 34.5. The normalized spacial score (nSPS) is 16.0. The van der Waals surface area contributed by atoms with Crippen LogP contribution >= 0.6 is 11.8 Å². The number of rotatable bonds is 13.